The molecule has 4 nitrogen and oxygen atoms in total. The number of rotatable bonds is 9. The Morgan fingerprint density at radius 3 is 1.76 bits per heavy atom. The van der Waals surface area contributed by atoms with Crippen LogP contribution < -0.4 is 5.48 Å². The Hall–Kier alpha value is -4.04. The molecule has 0 heterocycles. The van der Waals surface area contributed by atoms with Gasteiger partial charge in [-0.05, 0) is 28.8 Å². The quantitative estimate of drug-likeness (QED) is 0.253. The largest absolute Gasteiger partial charge is 0.294 e. The molecular formula is C29H24N2O2. The highest BCUT2D eigenvalue weighted by Crippen LogP contribution is 2.27. The van der Waals surface area contributed by atoms with Gasteiger partial charge in [0.2, 0.25) is 0 Å². The van der Waals surface area contributed by atoms with Crippen molar-refractivity contribution in [1.82, 2.24) is 5.48 Å². The number of benzene rings is 4. The molecule has 1 atom stereocenters. The van der Waals surface area contributed by atoms with Crippen molar-refractivity contribution in [2.75, 3.05) is 0 Å². The van der Waals surface area contributed by atoms with Gasteiger partial charge in [0, 0.05) is 12.0 Å². The molecule has 4 aromatic rings. The van der Waals surface area contributed by atoms with Gasteiger partial charge in [-0.25, -0.2) is 0 Å². The number of carbonyl (C=O) groups excluding carboxylic acids is 1. The van der Waals surface area contributed by atoms with Gasteiger partial charge in [-0.3, -0.25) is 9.63 Å². The smallest absolute Gasteiger partial charge is 0.164 e. The number of nitriles is 1. The zero-order chi connectivity index (χ0) is 22.9. The Morgan fingerprint density at radius 1 is 0.727 bits per heavy atom. The van der Waals surface area contributed by atoms with Crippen molar-refractivity contribution >= 4 is 5.78 Å². The van der Waals surface area contributed by atoms with Crippen LogP contribution >= 0.6 is 0 Å². The minimum atomic E-state index is -0.389. The van der Waals surface area contributed by atoms with Gasteiger partial charge in [-0.1, -0.05) is 103 Å². The predicted molar refractivity (Wildman–Crippen MR) is 128 cm³/mol. The third-order valence-corrected chi connectivity index (χ3v) is 5.46. The molecule has 162 valence electrons. The van der Waals surface area contributed by atoms with Gasteiger partial charge in [-0.15, -0.1) is 0 Å². The zero-order valence-electron chi connectivity index (χ0n) is 18.1. The lowest BCUT2D eigenvalue weighted by Gasteiger charge is -2.24. The lowest BCUT2D eigenvalue weighted by Crippen LogP contribution is -2.27. The molecule has 0 unspecified atom stereocenters. The van der Waals surface area contributed by atoms with E-state index in [9.17, 15) is 4.79 Å². The second-order valence-electron chi connectivity index (χ2n) is 7.72. The van der Waals surface area contributed by atoms with E-state index in [1.54, 1.807) is 12.1 Å². The maximum absolute atomic E-state index is 13.0. The minimum absolute atomic E-state index is 0.0111. The van der Waals surface area contributed by atoms with E-state index in [1.165, 1.54) is 0 Å². The topological polar surface area (TPSA) is 62.1 Å². The van der Waals surface area contributed by atoms with E-state index in [4.69, 9.17) is 10.1 Å². The van der Waals surface area contributed by atoms with E-state index < -0.39 is 0 Å². The molecule has 0 aliphatic carbocycles. The highest BCUT2D eigenvalue weighted by atomic mass is 16.7. The van der Waals surface area contributed by atoms with Crippen LogP contribution in [0.25, 0.3) is 0 Å². The molecule has 0 bridgehead atoms. The third kappa shape index (κ3) is 5.81. The van der Waals surface area contributed by atoms with Crippen LogP contribution in [-0.2, 0) is 4.84 Å². The SMILES string of the molecule is N#Cc1ccc([C@H](CC(=O)c2ccccc2)NOC(c2ccccc2)c2ccccc2)cc1. The van der Waals surface area contributed by atoms with Gasteiger partial charge < -0.3 is 0 Å². The highest BCUT2D eigenvalue weighted by Gasteiger charge is 2.21. The summed E-state index contributed by atoms with van der Waals surface area (Å²) < 4.78 is 0. The first-order valence-electron chi connectivity index (χ1n) is 10.8. The first-order valence-corrected chi connectivity index (χ1v) is 10.8. The van der Waals surface area contributed by atoms with E-state index in [0.29, 0.717) is 11.1 Å². The number of Topliss-reactive ketones (excluding diaryl/α,β-unsaturated/α-hetero) is 1. The van der Waals surface area contributed by atoms with Crippen molar-refractivity contribution in [2.24, 2.45) is 0 Å². The van der Waals surface area contributed by atoms with Gasteiger partial charge in [0.05, 0.1) is 17.7 Å². The zero-order valence-corrected chi connectivity index (χ0v) is 18.1. The lowest BCUT2D eigenvalue weighted by atomic mass is 9.97. The molecule has 1 N–H and O–H groups in total. The molecule has 4 rings (SSSR count). The maximum atomic E-state index is 13.0. The van der Waals surface area contributed by atoms with E-state index in [0.717, 1.165) is 16.7 Å². The van der Waals surface area contributed by atoms with Gasteiger partial charge >= 0.3 is 0 Å². The number of nitrogens with one attached hydrogen (secondary N) is 1. The first kappa shape index (κ1) is 22.2. The van der Waals surface area contributed by atoms with Crippen molar-refractivity contribution in [3.63, 3.8) is 0 Å². The molecule has 0 fully saturated rings. The van der Waals surface area contributed by atoms with Gasteiger partial charge in [0.1, 0.15) is 6.10 Å². The van der Waals surface area contributed by atoms with Crippen molar-refractivity contribution in [3.8, 4) is 6.07 Å². The van der Waals surface area contributed by atoms with Crippen LogP contribution in [0.4, 0.5) is 0 Å². The van der Waals surface area contributed by atoms with Crippen molar-refractivity contribution in [1.29, 1.82) is 5.26 Å². The second kappa shape index (κ2) is 11.0. The molecular weight excluding hydrogens is 408 g/mol. The number of hydroxylamine groups is 1. The van der Waals surface area contributed by atoms with Crippen molar-refractivity contribution < 1.29 is 9.63 Å². The lowest BCUT2D eigenvalue weighted by molar-refractivity contribution is -0.0272. The summed E-state index contributed by atoms with van der Waals surface area (Å²) in [5.74, 6) is 0.0111. The average molecular weight is 433 g/mol. The molecule has 0 saturated carbocycles. The van der Waals surface area contributed by atoms with E-state index in [1.807, 2.05) is 103 Å². The van der Waals surface area contributed by atoms with Crippen LogP contribution in [0.1, 0.15) is 51.2 Å². The molecule has 4 heteroatoms. The molecule has 0 aromatic heterocycles. The fourth-order valence-corrected chi connectivity index (χ4v) is 3.68. The van der Waals surface area contributed by atoms with Gasteiger partial charge in [0.25, 0.3) is 0 Å². The number of ketones is 1. The van der Waals surface area contributed by atoms with Crippen LogP contribution in [0.2, 0.25) is 0 Å². The van der Waals surface area contributed by atoms with Crippen molar-refractivity contribution in [3.05, 3.63) is 143 Å². The molecule has 0 aliphatic heterocycles. The molecule has 0 saturated heterocycles. The summed E-state index contributed by atoms with van der Waals surface area (Å²) in [4.78, 5) is 19.2. The summed E-state index contributed by atoms with van der Waals surface area (Å²) >= 11 is 0. The summed E-state index contributed by atoms with van der Waals surface area (Å²) in [6.45, 7) is 0. The number of nitrogens with zero attached hydrogens (tertiary/aromatic N) is 1. The Balaban J connectivity index is 1.60. The van der Waals surface area contributed by atoms with Crippen LogP contribution in [-0.4, -0.2) is 5.78 Å². The normalized spacial score (nSPS) is 11.6. The number of hydrogen-bond donors (Lipinski definition) is 1. The predicted octanol–water partition coefficient (Wildman–Crippen LogP) is 6.18. The number of carbonyl (C=O) groups is 1. The third-order valence-electron chi connectivity index (χ3n) is 5.46. The fourth-order valence-electron chi connectivity index (χ4n) is 3.68. The number of hydrogen-bond acceptors (Lipinski definition) is 4. The van der Waals surface area contributed by atoms with E-state index >= 15 is 0 Å². The molecule has 0 spiro atoms. The Morgan fingerprint density at radius 2 is 1.24 bits per heavy atom. The summed E-state index contributed by atoms with van der Waals surface area (Å²) in [5, 5.41) is 9.15. The monoisotopic (exact) mass is 432 g/mol. The van der Waals surface area contributed by atoms with Crippen LogP contribution in [0, 0.1) is 11.3 Å². The van der Waals surface area contributed by atoms with Crippen molar-refractivity contribution in [2.45, 2.75) is 18.6 Å². The van der Waals surface area contributed by atoms with E-state index in [2.05, 4.69) is 11.5 Å². The summed E-state index contributed by atoms with van der Waals surface area (Å²) in [6, 6.07) is 38.1. The summed E-state index contributed by atoms with van der Waals surface area (Å²) in [7, 11) is 0. The summed E-state index contributed by atoms with van der Waals surface area (Å²) in [6.07, 6.45) is -0.133. The van der Waals surface area contributed by atoms with Crippen LogP contribution in [0.15, 0.2) is 115 Å². The molecule has 4 aromatic carbocycles. The Bertz CT molecular complexity index is 1160. The van der Waals surface area contributed by atoms with Gasteiger partial charge in [-0.2, -0.15) is 10.7 Å². The Kier molecular flexibility index (Phi) is 7.40. The second-order valence-corrected chi connectivity index (χ2v) is 7.72. The van der Waals surface area contributed by atoms with Gasteiger partial charge in [0.15, 0.2) is 5.78 Å². The molecule has 0 aliphatic rings. The highest BCUT2D eigenvalue weighted by molar-refractivity contribution is 5.96. The average Bonchev–Trinajstić information content (AvgIpc) is 2.90. The Labute approximate surface area is 194 Å². The fraction of sp³-hybridized carbons (Fsp3) is 0.103. The minimum Gasteiger partial charge on any atom is -0.294 e. The van der Waals surface area contributed by atoms with E-state index in [-0.39, 0.29) is 24.3 Å². The first-order chi connectivity index (χ1) is 16.2. The van der Waals surface area contributed by atoms with Crippen LogP contribution in [0.5, 0.6) is 0 Å². The van der Waals surface area contributed by atoms with Crippen LogP contribution in [0.3, 0.4) is 0 Å². The maximum Gasteiger partial charge on any atom is 0.164 e. The molecule has 0 amide bonds. The molecule has 33 heavy (non-hydrogen) atoms. The summed E-state index contributed by atoms with van der Waals surface area (Å²) in [5.41, 5.74) is 7.27. The molecule has 0 radical (unpaired) electrons. The standard InChI is InChI=1S/C29H24N2O2/c30-21-22-16-18-23(19-17-22)27(20-28(32)24-10-4-1-5-11-24)31-33-29(25-12-6-2-7-13-25)26-14-8-3-9-15-26/h1-19,27,29,31H,20H2/t27-/m0/s1.